The normalized spacial score (nSPS) is 10.3. The number of ether oxygens (including phenoxy) is 1. The summed E-state index contributed by atoms with van der Waals surface area (Å²) in [6, 6.07) is 10.6. The molecule has 4 nitrogen and oxygen atoms in total. The topological polar surface area (TPSA) is 66.8 Å². The number of halogens is 1. The highest BCUT2D eigenvalue weighted by atomic mass is 19.1. The summed E-state index contributed by atoms with van der Waals surface area (Å²) in [6.07, 6.45) is 0. The molecule has 0 aliphatic carbocycles. The fourth-order valence-corrected chi connectivity index (χ4v) is 1.73. The maximum absolute atomic E-state index is 13.7. The highest BCUT2D eigenvalue weighted by Gasteiger charge is 2.09. The number of carboxylic acid groups (broad SMARTS) is 1. The molecule has 0 unspecified atom stereocenters. The zero-order chi connectivity index (χ0) is 14.5. The average Bonchev–Trinajstić information content (AvgIpc) is 2.46. The maximum atomic E-state index is 13.7. The molecule has 0 aliphatic heterocycles. The van der Waals surface area contributed by atoms with Crippen LogP contribution in [0.3, 0.4) is 0 Å². The van der Waals surface area contributed by atoms with Crippen molar-refractivity contribution in [3.05, 3.63) is 65.0 Å². The summed E-state index contributed by atoms with van der Waals surface area (Å²) in [5, 5.41) is 17.9. The summed E-state index contributed by atoms with van der Waals surface area (Å²) in [6.45, 7) is -0.209. The third-order valence-corrected chi connectivity index (χ3v) is 2.83. The molecule has 0 amide bonds. The lowest BCUT2D eigenvalue weighted by Crippen LogP contribution is -2.03. The van der Waals surface area contributed by atoms with Crippen molar-refractivity contribution < 1.29 is 24.1 Å². The number of aliphatic hydroxyl groups excluding tert-OH is 1. The van der Waals surface area contributed by atoms with Crippen LogP contribution in [-0.4, -0.2) is 16.2 Å². The molecule has 0 radical (unpaired) electrons. The highest BCUT2D eigenvalue weighted by molar-refractivity contribution is 5.87. The van der Waals surface area contributed by atoms with Gasteiger partial charge in [-0.25, -0.2) is 9.18 Å². The molecule has 20 heavy (non-hydrogen) atoms. The van der Waals surface area contributed by atoms with E-state index in [0.29, 0.717) is 11.3 Å². The molecule has 0 spiro atoms. The monoisotopic (exact) mass is 276 g/mol. The second-order valence-corrected chi connectivity index (χ2v) is 4.17. The lowest BCUT2D eigenvalue weighted by atomic mass is 10.1. The van der Waals surface area contributed by atoms with Crippen LogP contribution < -0.4 is 4.74 Å². The van der Waals surface area contributed by atoms with Gasteiger partial charge >= 0.3 is 5.97 Å². The number of para-hydroxylation sites is 1. The molecule has 104 valence electrons. The van der Waals surface area contributed by atoms with E-state index >= 15 is 0 Å². The van der Waals surface area contributed by atoms with E-state index in [1.807, 2.05) is 0 Å². The summed E-state index contributed by atoms with van der Waals surface area (Å²) in [7, 11) is 0. The summed E-state index contributed by atoms with van der Waals surface area (Å²) in [4.78, 5) is 10.7. The number of hydrogen-bond acceptors (Lipinski definition) is 3. The van der Waals surface area contributed by atoms with Crippen LogP contribution in [0.2, 0.25) is 0 Å². The molecular formula is C15H13FO4. The molecule has 2 rings (SSSR count). The van der Waals surface area contributed by atoms with Crippen LogP contribution in [0, 0.1) is 5.82 Å². The number of rotatable bonds is 5. The van der Waals surface area contributed by atoms with E-state index in [1.54, 1.807) is 24.3 Å². The summed E-state index contributed by atoms with van der Waals surface area (Å²) < 4.78 is 19.2. The molecule has 0 heterocycles. The van der Waals surface area contributed by atoms with Crippen LogP contribution in [-0.2, 0) is 13.2 Å². The van der Waals surface area contributed by atoms with Gasteiger partial charge in [-0.15, -0.1) is 0 Å². The average molecular weight is 276 g/mol. The van der Waals surface area contributed by atoms with Gasteiger partial charge in [-0.2, -0.15) is 0 Å². The Hall–Kier alpha value is -2.40. The lowest BCUT2D eigenvalue weighted by Gasteiger charge is -2.10. The maximum Gasteiger partial charge on any atom is 0.335 e. The standard InChI is InChI=1S/C15H13FO4/c16-13-7-10(15(18)19)5-6-12(13)9-20-14-4-2-1-3-11(14)8-17/h1-7,17H,8-9H2,(H,18,19). The van der Waals surface area contributed by atoms with E-state index in [9.17, 15) is 9.18 Å². The molecule has 0 aliphatic rings. The molecular weight excluding hydrogens is 263 g/mol. The van der Waals surface area contributed by atoms with Crippen LogP contribution in [0.5, 0.6) is 5.75 Å². The van der Waals surface area contributed by atoms with Gasteiger partial charge in [0.1, 0.15) is 18.2 Å². The second-order valence-electron chi connectivity index (χ2n) is 4.17. The van der Waals surface area contributed by atoms with Gasteiger partial charge in [-0.05, 0) is 18.2 Å². The Morgan fingerprint density at radius 3 is 2.55 bits per heavy atom. The Kier molecular flexibility index (Phi) is 4.32. The lowest BCUT2D eigenvalue weighted by molar-refractivity contribution is 0.0696. The fraction of sp³-hybridized carbons (Fsp3) is 0.133. The van der Waals surface area contributed by atoms with Crippen LogP contribution in [0.25, 0.3) is 0 Å². The molecule has 2 aromatic rings. The number of carboxylic acids is 1. The van der Waals surface area contributed by atoms with Crippen molar-refractivity contribution in [2.24, 2.45) is 0 Å². The number of hydrogen-bond donors (Lipinski definition) is 2. The number of carbonyl (C=O) groups is 1. The van der Waals surface area contributed by atoms with Crippen molar-refractivity contribution >= 4 is 5.97 Å². The van der Waals surface area contributed by atoms with Crippen LogP contribution >= 0.6 is 0 Å². The molecule has 0 saturated heterocycles. The van der Waals surface area contributed by atoms with Gasteiger partial charge in [0.15, 0.2) is 0 Å². The highest BCUT2D eigenvalue weighted by Crippen LogP contribution is 2.20. The van der Waals surface area contributed by atoms with E-state index in [1.165, 1.54) is 12.1 Å². The minimum Gasteiger partial charge on any atom is -0.488 e. The molecule has 0 aromatic heterocycles. The van der Waals surface area contributed by atoms with E-state index in [-0.39, 0.29) is 24.3 Å². The summed E-state index contributed by atoms with van der Waals surface area (Å²) in [5.41, 5.74) is 0.750. The van der Waals surface area contributed by atoms with Gasteiger partial charge in [0.25, 0.3) is 0 Å². The number of aromatic carboxylic acids is 1. The molecule has 0 saturated carbocycles. The van der Waals surface area contributed by atoms with Gasteiger partial charge in [0.2, 0.25) is 0 Å². The molecule has 0 bridgehead atoms. The summed E-state index contributed by atoms with van der Waals surface area (Å²) in [5.74, 6) is -1.34. The Balaban J connectivity index is 2.13. The first-order valence-corrected chi connectivity index (χ1v) is 5.95. The second kappa shape index (κ2) is 6.16. The van der Waals surface area contributed by atoms with Crippen LogP contribution in [0.4, 0.5) is 4.39 Å². The SMILES string of the molecule is O=C(O)c1ccc(COc2ccccc2CO)c(F)c1. The van der Waals surface area contributed by atoms with Crippen molar-refractivity contribution in [1.29, 1.82) is 0 Å². The van der Waals surface area contributed by atoms with Crippen LogP contribution in [0.15, 0.2) is 42.5 Å². The van der Waals surface area contributed by atoms with Crippen LogP contribution in [0.1, 0.15) is 21.5 Å². The van der Waals surface area contributed by atoms with E-state index in [0.717, 1.165) is 6.07 Å². The predicted octanol–water partition coefficient (Wildman–Crippen LogP) is 2.60. The minimum absolute atomic E-state index is 0.0389. The molecule has 5 heteroatoms. The zero-order valence-electron chi connectivity index (χ0n) is 10.5. The van der Waals surface area contributed by atoms with E-state index in [2.05, 4.69) is 0 Å². The molecule has 0 fully saturated rings. The smallest absolute Gasteiger partial charge is 0.335 e. The Labute approximate surface area is 115 Å². The first-order chi connectivity index (χ1) is 9.61. The molecule has 0 atom stereocenters. The van der Waals surface area contributed by atoms with Crippen molar-refractivity contribution in [1.82, 2.24) is 0 Å². The van der Waals surface area contributed by atoms with E-state index in [4.69, 9.17) is 14.9 Å². The first kappa shape index (κ1) is 14.0. The number of benzene rings is 2. The molecule has 2 aromatic carbocycles. The Morgan fingerprint density at radius 1 is 1.15 bits per heavy atom. The summed E-state index contributed by atoms with van der Waals surface area (Å²) >= 11 is 0. The van der Waals surface area contributed by atoms with Gasteiger partial charge in [0.05, 0.1) is 12.2 Å². The first-order valence-electron chi connectivity index (χ1n) is 5.95. The minimum atomic E-state index is -1.18. The Bertz CT molecular complexity index is 625. The van der Waals surface area contributed by atoms with Crippen molar-refractivity contribution in [3.63, 3.8) is 0 Å². The number of aliphatic hydroxyl groups is 1. The van der Waals surface area contributed by atoms with Gasteiger partial charge in [0, 0.05) is 11.1 Å². The van der Waals surface area contributed by atoms with Crippen molar-refractivity contribution in [2.45, 2.75) is 13.2 Å². The largest absolute Gasteiger partial charge is 0.488 e. The van der Waals surface area contributed by atoms with Gasteiger partial charge in [-0.1, -0.05) is 24.3 Å². The third kappa shape index (κ3) is 3.13. The predicted molar refractivity (Wildman–Crippen MR) is 70.1 cm³/mol. The quantitative estimate of drug-likeness (QED) is 0.881. The van der Waals surface area contributed by atoms with Gasteiger partial charge < -0.3 is 14.9 Å². The van der Waals surface area contributed by atoms with E-state index < -0.39 is 11.8 Å². The molecule has 2 N–H and O–H groups in total. The zero-order valence-corrected chi connectivity index (χ0v) is 10.5. The van der Waals surface area contributed by atoms with Crippen molar-refractivity contribution in [3.8, 4) is 5.75 Å². The Morgan fingerprint density at radius 2 is 1.90 bits per heavy atom. The van der Waals surface area contributed by atoms with Crippen molar-refractivity contribution in [2.75, 3.05) is 0 Å². The fourth-order valence-electron chi connectivity index (χ4n) is 1.73. The van der Waals surface area contributed by atoms with Gasteiger partial charge in [-0.3, -0.25) is 0 Å². The third-order valence-electron chi connectivity index (χ3n) is 2.83.